The number of hydrogen-bond donors (Lipinski definition) is 1. The van der Waals surface area contributed by atoms with Crippen LogP contribution in [0.3, 0.4) is 0 Å². The number of nitrogens with zero attached hydrogens (tertiary/aromatic N) is 2. The molecule has 2 aromatic carbocycles. The van der Waals surface area contributed by atoms with Crippen molar-refractivity contribution in [3.8, 4) is 0 Å². The lowest BCUT2D eigenvalue weighted by Crippen LogP contribution is -2.29. The molecule has 1 fully saturated rings. The molecule has 1 aliphatic rings. The Balaban J connectivity index is 1.50. The maximum Gasteiger partial charge on any atom is 0.255 e. The first-order valence-corrected chi connectivity index (χ1v) is 11.5. The summed E-state index contributed by atoms with van der Waals surface area (Å²) in [5.74, 6) is -0.228. The van der Waals surface area contributed by atoms with Crippen LogP contribution in [0.15, 0.2) is 82.6 Å². The molecule has 0 unspecified atom stereocenters. The van der Waals surface area contributed by atoms with Gasteiger partial charge in [-0.15, -0.1) is 0 Å². The van der Waals surface area contributed by atoms with Crippen LogP contribution in [0, 0.1) is 0 Å². The molecule has 3 aromatic rings. The van der Waals surface area contributed by atoms with Crippen molar-refractivity contribution in [2.45, 2.75) is 24.3 Å². The normalized spacial score (nSPS) is 14.5. The second-order valence-corrected chi connectivity index (χ2v) is 9.40. The van der Waals surface area contributed by atoms with E-state index in [2.05, 4.69) is 5.32 Å². The zero-order chi connectivity index (χ0) is 21.8. The highest BCUT2D eigenvalue weighted by Crippen LogP contribution is 2.20. The predicted octanol–water partition coefficient (Wildman–Crippen LogP) is 2.93. The number of pyridine rings is 1. The molecule has 0 atom stereocenters. The van der Waals surface area contributed by atoms with Gasteiger partial charge >= 0.3 is 0 Å². The van der Waals surface area contributed by atoms with Gasteiger partial charge in [0.15, 0.2) is 0 Å². The molecule has 160 valence electrons. The van der Waals surface area contributed by atoms with E-state index in [1.165, 1.54) is 27.2 Å². The van der Waals surface area contributed by atoms with Crippen molar-refractivity contribution in [2.75, 3.05) is 18.4 Å². The van der Waals surface area contributed by atoms with Gasteiger partial charge < -0.3 is 9.88 Å². The monoisotopic (exact) mass is 437 g/mol. The van der Waals surface area contributed by atoms with Crippen molar-refractivity contribution in [2.24, 2.45) is 0 Å². The van der Waals surface area contributed by atoms with Crippen molar-refractivity contribution >= 4 is 21.6 Å². The number of carbonyl (C=O) groups excluding carboxylic acids is 1. The van der Waals surface area contributed by atoms with Crippen LogP contribution in [0.4, 0.5) is 5.69 Å². The van der Waals surface area contributed by atoms with Gasteiger partial charge in [-0.05, 0) is 48.7 Å². The number of anilines is 1. The molecule has 1 saturated heterocycles. The number of nitrogens with one attached hydrogen (secondary N) is 1. The molecule has 0 spiro atoms. The van der Waals surface area contributed by atoms with Crippen LogP contribution in [0.1, 0.15) is 28.8 Å². The standard InChI is InChI=1S/C23H23N3O4S/c27-22-13-12-21(31(29,30)26-14-4-5-15-26)17-25(22)16-18-8-10-19(11-9-18)23(28)24-20-6-2-1-3-7-20/h1-3,6-13,17H,4-5,14-16H2,(H,24,28). The van der Waals surface area contributed by atoms with Crippen LogP contribution in [-0.4, -0.2) is 36.3 Å². The number of para-hydroxylation sites is 1. The second kappa shape index (κ2) is 8.87. The van der Waals surface area contributed by atoms with E-state index in [1.54, 1.807) is 24.3 Å². The number of aromatic nitrogens is 1. The predicted molar refractivity (Wildman–Crippen MR) is 119 cm³/mol. The maximum absolute atomic E-state index is 12.8. The Morgan fingerprint density at radius 2 is 1.58 bits per heavy atom. The summed E-state index contributed by atoms with van der Waals surface area (Å²) in [5.41, 5.74) is 1.70. The Hall–Kier alpha value is -3.23. The number of benzene rings is 2. The lowest BCUT2D eigenvalue weighted by atomic mass is 10.1. The first-order chi connectivity index (χ1) is 14.9. The highest BCUT2D eigenvalue weighted by atomic mass is 32.2. The van der Waals surface area contributed by atoms with Crippen molar-refractivity contribution in [3.05, 3.63) is 94.4 Å². The summed E-state index contributed by atoms with van der Waals surface area (Å²) in [6.45, 7) is 1.23. The average molecular weight is 438 g/mol. The largest absolute Gasteiger partial charge is 0.322 e. The number of amides is 1. The van der Waals surface area contributed by atoms with E-state index in [-0.39, 0.29) is 22.9 Å². The number of carbonyl (C=O) groups is 1. The SMILES string of the molecule is O=C(Nc1ccccc1)c1ccc(Cn2cc(S(=O)(=O)N3CCCC3)ccc2=O)cc1. The van der Waals surface area contributed by atoms with Gasteiger partial charge in [0.25, 0.3) is 11.5 Å². The van der Waals surface area contributed by atoms with Crippen LogP contribution in [0.2, 0.25) is 0 Å². The van der Waals surface area contributed by atoms with E-state index in [9.17, 15) is 18.0 Å². The maximum atomic E-state index is 12.8. The summed E-state index contributed by atoms with van der Waals surface area (Å²) in [7, 11) is -3.60. The smallest absolute Gasteiger partial charge is 0.255 e. The molecule has 0 bridgehead atoms. The van der Waals surface area contributed by atoms with Gasteiger partial charge in [-0.25, -0.2) is 8.42 Å². The van der Waals surface area contributed by atoms with Gasteiger partial charge in [0.1, 0.15) is 0 Å². The van der Waals surface area contributed by atoms with E-state index in [4.69, 9.17) is 0 Å². The van der Waals surface area contributed by atoms with Crippen LogP contribution in [-0.2, 0) is 16.6 Å². The van der Waals surface area contributed by atoms with Gasteiger partial charge in [0, 0.05) is 36.6 Å². The van der Waals surface area contributed by atoms with Gasteiger partial charge in [-0.2, -0.15) is 4.31 Å². The molecular weight excluding hydrogens is 414 g/mol. The van der Waals surface area contributed by atoms with Gasteiger partial charge in [0.05, 0.1) is 11.4 Å². The Bertz CT molecular complexity index is 1230. The van der Waals surface area contributed by atoms with Crippen molar-refractivity contribution in [3.63, 3.8) is 0 Å². The third-order valence-corrected chi connectivity index (χ3v) is 7.14. The van der Waals surface area contributed by atoms with E-state index in [0.717, 1.165) is 18.4 Å². The topological polar surface area (TPSA) is 88.5 Å². The third-order valence-electron chi connectivity index (χ3n) is 5.26. The van der Waals surface area contributed by atoms with Crippen LogP contribution in [0.25, 0.3) is 0 Å². The van der Waals surface area contributed by atoms with Crippen LogP contribution in [0.5, 0.6) is 0 Å². The second-order valence-electron chi connectivity index (χ2n) is 7.46. The molecule has 0 saturated carbocycles. The molecule has 0 radical (unpaired) electrons. The van der Waals surface area contributed by atoms with E-state index in [1.807, 2.05) is 30.3 Å². The average Bonchev–Trinajstić information content (AvgIpc) is 3.32. The molecule has 1 amide bonds. The van der Waals surface area contributed by atoms with Gasteiger partial charge in [-0.3, -0.25) is 9.59 Å². The number of sulfonamides is 1. The zero-order valence-electron chi connectivity index (χ0n) is 16.9. The summed E-state index contributed by atoms with van der Waals surface area (Å²) < 4.78 is 28.4. The fraction of sp³-hybridized carbons (Fsp3) is 0.217. The molecular formula is C23H23N3O4S. The highest BCUT2D eigenvalue weighted by molar-refractivity contribution is 7.89. The van der Waals surface area contributed by atoms with Crippen molar-refractivity contribution in [1.82, 2.24) is 8.87 Å². The summed E-state index contributed by atoms with van der Waals surface area (Å²) in [5, 5.41) is 2.82. The molecule has 1 aliphatic heterocycles. The highest BCUT2D eigenvalue weighted by Gasteiger charge is 2.27. The minimum absolute atomic E-state index is 0.118. The summed E-state index contributed by atoms with van der Waals surface area (Å²) in [6.07, 6.45) is 3.10. The van der Waals surface area contributed by atoms with Crippen LogP contribution >= 0.6 is 0 Å². The number of rotatable bonds is 6. The first kappa shape index (κ1) is 21.0. The van der Waals surface area contributed by atoms with Gasteiger partial charge in [0.2, 0.25) is 10.0 Å². The molecule has 2 heterocycles. The summed E-state index contributed by atoms with van der Waals surface area (Å²) in [6, 6.07) is 18.7. The Labute approximate surface area is 181 Å². The quantitative estimate of drug-likeness (QED) is 0.642. The zero-order valence-corrected chi connectivity index (χ0v) is 17.7. The molecule has 8 heteroatoms. The first-order valence-electron chi connectivity index (χ1n) is 10.1. The van der Waals surface area contributed by atoms with E-state index < -0.39 is 10.0 Å². The molecule has 1 aromatic heterocycles. The molecule has 0 aliphatic carbocycles. The fourth-order valence-electron chi connectivity index (χ4n) is 3.55. The van der Waals surface area contributed by atoms with Crippen molar-refractivity contribution in [1.29, 1.82) is 0 Å². The van der Waals surface area contributed by atoms with Crippen LogP contribution < -0.4 is 10.9 Å². The minimum Gasteiger partial charge on any atom is -0.322 e. The minimum atomic E-state index is -3.60. The Morgan fingerprint density at radius 3 is 2.26 bits per heavy atom. The van der Waals surface area contributed by atoms with E-state index in [0.29, 0.717) is 24.3 Å². The van der Waals surface area contributed by atoms with E-state index >= 15 is 0 Å². The Kier molecular flexibility index (Phi) is 6.01. The van der Waals surface area contributed by atoms with Crippen molar-refractivity contribution < 1.29 is 13.2 Å². The number of hydrogen-bond acceptors (Lipinski definition) is 4. The summed E-state index contributed by atoms with van der Waals surface area (Å²) in [4.78, 5) is 24.8. The molecule has 1 N–H and O–H groups in total. The molecule has 4 rings (SSSR count). The summed E-state index contributed by atoms with van der Waals surface area (Å²) >= 11 is 0. The lowest BCUT2D eigenvalue weighted by molar-refractivity contribution is 0.102. The molecule has 31 heavy (non-hydrogen) atoms. The Morgan fingerprint density at radius 1 is 0.903 bits per heavy atom. The van der Waals surface area contributed by atoms with Gasteiger partial charge in [-0.1, -0.05) is 30.3 Å². The third kappa shape index (κ3) is 4.76. The molecule has 7 nitrogen and oxygen atoms in total. The fourth-order valence-corrected chi connectivity index (χ4v) is 5.08. The lowest BCUT2D eigenvalue weighted by Gasteiger charge is -2.16.